The van der Waals surface area contributed by atoms with Crippen LogP contribution in [0.5, 0.6) is 0 Å². The van der Waals surface area contributed by atoms with E-state index >= 15 is 0 Å². The van der Waals surface area contributed by atoms with Crippen molar-refractivity contribution in [3.63, 3.8) is 0 Å². The normalized spacial score (nSPS) is 20.2. The molecule has 0 aliphatic heterocycles. The highest BCUT2D eigenvalue weighted by molar-refractivity contribution is 5.81. The fraction of sp³-hybridized carbons (Fsp3) is 0.923. The topological polar surface area (TPSA) is 64.3 Å². The van der Waals surface area contributed by atoms with Gasteiger partial charge in [0.2, 0.25) is 5.91 Å². The molecule has 1 aliphatic rings. The van der Waals surface area contributed by atoms with Gasteiger partial charge in [0.05, 0.1) is 6.04 Å². The highest BCUT2D eigenvalue weighted by Crippen LogP contribution is 2.27. The lowest BCUT2D eigenvalue weighted by Gasteiger charge is -2.22. The second-order valence-electron chi connectivity index (χ2n) is 5.08. The lowest BCUT2D eigenvalue weighted by molar-refractivity contribution is -0.123. The number of nitrogens with one attached hydrogen (secondary N) is 1. The molecular weight excluding hydrogens is 216 g/mol. The quantitative estimate of drug-likeness (QED) is 0.664. The van der Waals surface area contributed by atoms with E-state index in [4.69, 9.17) is 10.5 Å². The molecule has 0 saturated heterocycles. The van der Waals surface area contributed by atoms with E-state index in [0.29, 0.717) is 18.9 Å². The average molecular weight is 242 g/mol. The smallest absolute Gasteiger partial charge is 0.237 e. The van der Waals surface area contributed by atoms with Gasteiger partial charge in [-0.1, -0.05) is 12.8 Å². The number of hydrogen-bond donors (Lipinski definition) is 2. The lowest BCUT2D eigenvalue weighted by atomic mass is 9.99. The number of methoxy groups -OCH3 is 1. The van der Waals surface area contributed by atoms with Crippen molar-refractivity contribution in [3.8, 4) is 0 Å². The zero-order valence-electron chi connectivity index (χ0n) is 11.1. The third-order valence-electron chi connectivity index (χ3n) is 3.68. The maximum atomic E-state index is 11.8. The monoisotopic (exact) mass is 242 g/mol. The van der Waals surface area contributed by atoms with Gasteiger partial charge in [0.15, 0.2) is 0 Å². The van der Waals surface area contributed by atoms with Crippen LogP contribution in [0.3, 0.4) is 0 Å². The summed E-state index contributed by atoms with van der Waals surface area (Å²) in [6.07, 6.45) is 6.59. The summed E-state index contributed by atoms with van der Waals surface area (Å²) in [6, 6.07) is -0.132. The Labute approximate surface area is 104 Å². The molecule has 1 saturated carbocycles. The molecule has 0 bridgehead atoms. The first-order chi connectivity index (χ1) is 8.15. The first kappa shape index (κ1) is 14.5. The standard InChI is InChI=1S/C13H26N2O2/c1-10(11-6-3-4-7-11)15-13(16)12(14)8-5-9-17-2/h10-12H,3-9,14H2,1-2H3,(H,15,16). The summed E-state index contributed by atoms with van der Waals surface area (Å²) in [5.74, 6) is 0.630. The summed E-state index contributed by atoms with van der Waals surface area (Å²) >= 11 is 0. The molecule has 1 rings (SSSR count). The van der Waals surface area contributed by atoms with Crippen molar-refractivity contribution in [2.75, 3.05) is 13.7 Å². The Kier molecular flexibility index (Phi) is 6.52. The Balaban J connectivity index is 2.22. The minimum atomic E-state index is -0.394. The van der Waals surface area contributed by atoms with Gasteiger partial charge in [0.25, 0.3) is 0 Å². The third-order valence-corrected chi connectivity index (χ3v) is 3.68. The van der Waals surface area contributed by atoms with Gasteiger partial charge in [-0.05, 0) is 38.5 Å². The van der Waals surface area contributed by atoms with Crippen LogP contribution in [0.2, 0.25) is 0 Å². The van der Waals surface area contributed by atoms with Crippen molar-refractivity contribution >= 4 is 5.91 Å². The highest BCUT2D eigenvalue weighted by Gasteiger charge is 2.24. The van der Waals surface area contributed by atoms with Crippen LogP contribution >= 0.6 is 0 Å². The van der Waals surface area contributed by atoms with E-state index in [2.05, 4.69) is 12.2 Å². The van der Waals surface area contributed by atoms with Crippen molar-refractivity contribution in [2.24, 2.45) is 11.7 Å². The Hall–Kier alpha value is -0.610. The molecule has 0 radical (unpaired) electrons. The molecule has 0 spiro atoms. The van der Waals surface area contributed by atoms with Gasteiger partial charge in [-0.2, -0.15) is 0 Å². The Morgan fingerprint density at radius 1 is 1.47 bits per heavy atom. The Bertz CT molecular complexity index is 227. The fourth-order valence-electron chi connectivity index (χ4n) is 2.49. The summed E-state index contributed by atoms with van der Waals surface area (Å²) < 4.78 is 4.95. The Morgan fingerprint density at radius 3 is 2.71 bits per heavy atom. The molecule has 0 heterocycles. The highest BCUT2D eigenvalue weighted by atomic mass is 16.5. The number of rotatable bonds is 7. The number of hydrogen-bond acceptors (Lipinski definition) is 3. The largest absolute Gasteiger partial charge is 0.385 e. The SMILES string of the molecule is COCCCC(N)C(=O)NC(C)C1CCCC1. The van der Waals surface area contributed by atoms with Crippen molar-refractivity contribution in [1.29, 1.82) is 0 Å². The van der Waals surface area contributed by atoms with Gasteiger partial charge in [-0.25, -0.2) is 0 Å². The van der Waals surface area contributed by atoms with Gasteiger partial charge >= 0.3 is 0 Å². The zero-order chi connectivity index (χ0) is 12.7. The molecule has 3 N–H and O–H groups in total. The molecule has 0 aromatic rings. The predicted octanol–water partition coefficient (Wildman–Crippen LogP) is 1.44. The molecule has 100 valence electrons. The van der Waals surface area contributed by atoms with Crippen molar-refractivity contribution in [3.05, 3.63) is 0 Å². The van der Waals surface area contributed by atoms with E-state index in [1.165, 1.54) is 25.7 Å². The first-order valence-corrected chi connectivity index (χ1v) is 6.70. The van der Waals surface area contributed by atoms with Gasteiger partial charge < -0.3 is 15.8 Å². The number of amides is 1. The molecule has 17 heavy (non-hydrogen) atoms. The van der Waals surface area contributed by atoms with Crippen LogP contribution in [0.4, 0.5) is 0 Å². The molecule has 0 aromatic carbocycles. The van der Waals surface area contributed by atoms with Gasteiger partial charge in [-0.3, -0.25) is 4.79 Å². The molecule has 2 atom stereocenters. The molecule has 1 amide bonds. The van der Waals surface area contributed by atoms with Crippen LogP contribution in [-0.2, 0) is 9.53 Å². The molecule has 1 aliphatic carbocycles. The molecule has 4 heteroatoms. The van der Waals surface area contributed by atoms with Crippen LogP contribution in [0, 0.1) is 5.92 Å². The Morgan fingerprint density at radius 2 is 2.12 bits per heavy atom. The third kappa shape index (κ3) is 5.04. The zero-order valence-corrected chi connectivity index (χ0v) is 11.1. The van der Waals surface area contributed by atoms with Crippen molar-refractivity contribution in [1.82, 2.24) is 5.32 Å². The van der Waals surface area contributed by atoms with Gasteiger partial charge in [-0.15, -0.1) is 0 Å². The summed E-state index contributed by atoms with van der Waals surface area (Å²) in [5, 5.41) is 3.04. The van der Waals surface area contributed by atoms with Gasteiger partial charge in [0.1, 0.15) is 0 Å². The van der Waals surface area contributed by atoms with E-state index in [1.807, 2.05) is 0 Å². The molecular formula is C13H26N2O2. The average Bonchev–Trinajstić information content (AvgIpc) is 2.82. The van der Waals surface area contributed by atoms with Gasteiger partial charge in [0, 0.05) is 19.8 Å². The predicted molar refractivity (Wildman–Crippen MR) is 68.6 cm³/mol. The number of carbonyl (C=O) groups excluding carboxylic acids is 1. The maximum absolute atomic E-state index is 11.8. The molecule has 1 fully saturated rings. The van der Waals surface area contributed by atoms with Crippen LogP contribution in [0.1, 0.15) is 45.4 Å². The minimum Gasteiger partial charge on any atom is -0.385 e. The minimum absolute atomic E-state index is 0.0134. The maximum Gasteiger partial charge on any atom is 0.237 e. The second-order valence-corrected chi connectivity index (χ2v) is 5.08. The number of ether oxygens (including phenoxy) is 1. The molecule has 2 unspecified atom stereocenters. The van der Waals surface area contributed by atoms with Crippen LogP contribution in [0.25, 0.3) is 0 Å². The second kappa shape index (κ2) is 7.67. The van der Waals surface area contributed by atoms with Crippen molar-refractivity contribution in [2.45, 2.75) is 57.5 Å². The van der Waals surface area contributed by atoms with E-state index < -0.39 is 6.04 Å². The van der Waals surface area contributed by atoms with E-state index in [-0.39, 0.29) is 11.9 Å². The lowest BCUT2D eigenvalue weighted by Crippen LogP contribution is -2.46. The van der Waals surface area contributed by atoms with Crippen LogP contribution < -0.4 is 11.1 Å². The summed E-state index contributed by atoms with van der Waals surface area (Å²) in [6.45, 7) is 2.76. The summed E-state index contributed by atoms with van der Waals surface area (Å²) in [7, 11) is 1.66. The van der Waals surface area contributed by atoms with E-state index in [9.17, 15) is 4.79 Å². The molecule has 0 aromatic heterocycles. The summed E-state index contributed by atoms with van der Waals surface area (Å²) in [5.41, 5.74) is 5.84. The summed E-state index contributed by atoms with van der Waals surface area (Å²) in [4.78, 5) is 11.8. The first-order valence-electron chi connectivity index (χ1n) is 6.70. The number of nitrogens with two attached hydrogens (primary N) is 1. The molecule has 4 nitrogen and oxygen atoms in total. The van der Waals surface area contributed by atoms with E-state index in [0.717, 1.165) is 6.42 Å². The number of carbonyl (C=O) groups is 1. The fourth-order valence-corrected chi connectivity index (χ4v) is 2.49. The van der Waals surface area contributed by atoms with Crippen LogP contribution in [-0.4, -0.2) is 31.7 Å². The van der Waals surface area contributed by atoms with E-state index in [1.54, 1.807) is 7.11 Å². The van der Waals surface area contributed by atoms with Crippen LogP contribution in [0.15, 0.2) is 0 Å². The van der Waals surface area contributed by atoms with Crippen molar-refractivity contribution < 1.29 is 9.53 Å².